The van der Waals surface area contributed by atoms with Crippen LogP contribution in [0.3, 0.4) is 0 Å². The highest BCUT2D eigenvalue weighted by atomic mass is 79.9. The van der Waals surface area contributed by atoms with E-state index in [9.17, 15) is 0 Å². The Kier molecular flexibility index (Phi) is 3.60. The molecule has 1 atom stereocenters. The second kappa shape index (κ2) is 4.75. The molecule has 0 radical (unpaired) electrons. The summed E-state index contributed by atoms with van der Waals surface area (Å²) in [7, 11) is 2.21. The van der Waals surface area contributed by atoms with Crippen LogP contribution in [-0.4, -0.2) is 31.1 Å². The van der Waals surface area contributed by atoms with Crippen LogP contribution in [0.2, 0.25) is 0 Å². The molecule has 1 saturated heterocycles. The maximum absolute atomic E-state index is 3.57. The number of halogens is 1. The summed E-state index contributed by atoms with van der Waals surface area (Å²) in [5, 5.41) is 5.54. The topological polar surface area (TPSA) is 15.3 Å². The van der Waals surface area contributed by atoms with Gasteiger partial charge in [0.05, 0.1) is 0 Å². The number of hydrogen-bond donors (Lipinski definition) is 1. The highest BCUT2D eigenvalue weighted by Gasteiger charge is 2.19. The molecule has 0 aromatic carbocycles. The van der Waals surface area contributed by atoms with E-state index in [4.69, 9.17) is 0 Å². The van der Waals surface area contributed by atoms with Crippen LogP contribution in [0.5, 0.6) is 0 Å². The fourth-order valence-electron chi connectivity index (χ4n) is 1.81. The van der Waals surface area contributed by atoms with Crippen molar-refractivity contribution < 1.29 is 0 Å². The molecular formula is C10H15BrN2S. The number of likely N-dealkylation sites (N-methyl/N-ethyl adjacent to an activating group) is 1. The van der Waals surface area contributed by atoms with E-state index in [0.29, 0.717) is 6.04 Å². The monoisotopic (exact) mass is 274 g/mol. The third kappa shape index (κ3) is 2.37. The number of nitrogens with one attached hydrogen (secondary N) is 1. The van der Waals surface area contributed by atoms with E-state index in [1.165, 1.54) is 22.3 Å². The highest BCUT2D eigenvalue weighted by molar-refractivity contribution is 9.10. The molecule has 0 saturated carbocycles. The molecule has 1 aromatic heterocycles. The number of hydrogen-bond acceptors (Lipinski definition) is 3. The molecule has 1 N–H and O–H groups in total. The number of thiophene rings is 1. The fraction of sp³-hybridized carbons (Fsp3) is 0.600. The van der Waals surface area contributed by atoms with Gasteiger partial charge in [-0.05, 0) is 47.4 Å². The summed E-state index contributed by atoms with van der Waals surface area (Å²) in [6, 6.07) is 2.84. The summed E-state index contributed by atoms with van der Waals surface area (Å²) in [5.74, 6) is 0. The second-order valence-electron chi connectivity index (χ2n) is 3.75. The van der Waals surface area contributed by atoms with E-state index in [1.807, 2.05) is 11.3 Å². The zero-order valence-electron chi connectivity index (χ0n) is 8.29. The predicted molar refractivity (Wildman–Crippen MR) is 64.8 cm³/mol. The maximum Gasteiger partial charge on any atom is 0.0339 e. The zero-order valence-corrected chi connectivity index (χ0v) is 10.7. The minimum absolute atomic E-state index is 0.712. The summed E-state index contributed by atoms with van der Waals surface area (Å²) < 4.78 is 1.25. The van der Waals surface area contributed by atoms with Gasteiger partial charge in [-0.25, -0.2) is 0 Å². The third-order valence-electron chi connectivity index (χ3n) is 2.74. The van der Waals surface area contributed by atoms with Gasteiger partial charge in [0.15, 0.2) is 0 Å². The molecular weight excluding hydrogens is 260 g/mol. The summed E-state index contributed by atoms with van der Waals surface area (Å²) in [5.41, 5.74) is 0. The van der Waals surface area contributed by atoms with Crippen molar-refractivity contribution in [1.82, 2.24) is 10.2 Å². The molecule has 2 rings (SSSR count). The average Bonchev–Trinajstić information content (AvgIpc) is 2.77. The van der Waals surface area contributed by atoms with Crippen molar-refractivity contribution in [3.8, 4) is 0 Å². The van der Waals surface area contributed by atoms with Crippen LogP contribution < -0.4 is 5.32 Å². The van der Waals surface area contributed by atoms with Gasteiger partial charge in [0.1, 0.15) is 0 Å². The molecule has 1 aliphatic rings. The van der Waals surface area contributed by atoms with E-state index in [-0.39, 0.29) is 0 Å². The molecule has 78 valence electrons. The predicted octanol–water partition coefficient (Wildman–Crippen LogP) is 2.30. The molecule has 1 unspecified atom stereocenters. The van der Waals surface area contributed by atoms with Crippen LogP contribution in [0.25, 0.3) is 0 Å². The maximum atomic E-state index is 3.57. The Morgan fingerprint density at radius 2 is 2.57 bits per heavy atom. The molecule has 1 fully saturated rings. The lowest BCUT2D eigenvalue weighted by atomic mass is 10.2. The van der Waals surface area contributed by atoms with Gasteiger partial charge in [0.2, 0.25) is 0 Å². The van der Waals surface area contributed by atoms with Gasteiger partial charge in [0, 0.05) is 28.5 Å². The van der Waals surface area contributed by atoms with E-state index < -0.39 is 0 Å². The first kappa shape index (κ1) is 10.6. The van der Waals surface area contributed by atoms with Crippen LogP contribution in [0, 0.1) is 0 Å². The van der Waals surface area contributed by atoms with Gasteiger partial charge in [-0.1, -0.05) is 0 Å². The van der Waals surface area contributed by atoms with Crippen LogP contribution >= 0.6 is 27.3 Å². The molecule has 2 heterocycles. The van der Waals surface area contributed by atoms with Gasteiger partial charge in [-0.2, -0.15) is 0 Å². The van der Waals surface area contributed by atoms with Crippen molar-refractivity contribution >= 4 is 27.3 Å². The first-order valence-corrected chi connectivity index (χ1v) is 6.57. The Hall–Kier alpha value is 0.1000. The smallest absolute Gasteiger partial charge is 0.0339 e. The standard InChI is InChI=1S/C10H15BrN2S/c1-13(8-2-4-12-6-8)7-10-9(11)3-5-14-10/h3,5,8,12H,2,4,6-7H2,1H3. The van der Waals surface area contributed by atoms with E-state index in [0.717, 1.165) is 13.1 Å². The average molecular weight is 275 g/mol. The van der Waals surface area contributed by atoms with Crippen LogP contribution in [0.4, 0.5) is 0 Å². The Morgan fingerprint density at radius 1 is 1.71 bits per heavy atom. The summed E-state index contributed by atoms with van der Waals surface area (Å²) in [6.45, 7) is 3.37. The van der Waals surface area contributed by atoms with E-state index in [2.05, 4.69) is 44.6 Å². The quantitative estimate of drug-likeness (QED) is 0.910. The second-order valence-corrected chi connectivity index (χ2v) is 5.61. The molecule has 0 spiro atoms. The van der Waals surface area contributed by atoms with Crippen molar-refractivity contribution in [1.29, 1.82) is 0 Å². The molecule has 0 amide bonds. The zero-order chi connectivity index (χ0) is 9.97. The molecule has 4 heteroatoms. The lowest BCUT2D eigenvalue weighted by Gasteiger charge is -2.22. The van der Waals surface area contributed by atoms with Crippen molar-refractivity contribution in [3.05, 3.63) is 20.8 Å². The fourth-order valence-corrected chi connectivity index (χ4v) is 3.35. The lowest BCUT2D eigenvalue weighted by molar-refractivity contribution is 0.250. The van der Waals surface area contributed by atoms with Gasteiger partial charge < -0.3 is 5.32 Å². The molecule has 0 bridgehead atoms. The third-order valence-corrected chi connectivity index (χ3v) is 4.65. The minimum atomic E-state index is 0.712. The molecule has 14 heavy (non-hydrogen) atoms. The van der Waals surface area contributed by atoms with Gasteiger partial charge in [0.25, 0.3) is 0 Å². The largest absolute Gasteiger partial charge is 0.315 e. The van der Waals surface area contributed by atoms with Crippen molar-refractivity contribution in [3.63, 3.8) is 0 Å². The normalized spacial score (nSPS) is 22.1. The van der Waals surface area contributed by atoms with Gasteiger partial charge in [-0.15, -0.1) is 11.3 Å². The molecule has 1 aromatic rings. The minimum Gasteiger partial charge on any atom is -0.315 e. The SMILES string of the molecule is CN(Cc1sccc1Br)C1CCNC1. The Balaban J connectivity index is 1.93. The molecule has 2 nitrogen and oxygen atoms in total. The molecule has 1 aliphatic heterocycles. The van der Waals surface area contributed by atoms with Gasteiger partial charge >= 0.3 is 0 Å². The van der Waals surface area contributed by atoms with Crippen LogP contribution in [-0.2, 0) is 6.54 Å². The summed E-state index contributed by atoms with van der Waals surface area (Å²) >= 11 is 5.40. The van der Waals surface area contributed by atoms with Crippen molar-refractivity contribution in [2.24, 2.45) is 0 Å². The number of nitrogens with zero attached hydrogens (tertiary/aromatic N) is 1. The van der Waals surface area contributed by atoms with Crippen LogP contribution in [0.1, 0.15) is 11.3 Å². The highest BCUT2D eigenvalue weighted by Crippen LogP contribution is 2.24. The van der Waals surface area contributed by atoms with Crippen molar-refractivity contribution in [2.45, 2.75) is 19.0 Å². The van der Waals surface area contributed by atoms with E-state index >= 15 is 0 Å². The summed E-state index contributed by atoms with van der Waals surface area (Å²) in [6.07, 6.45) is 1.28. The first-order valence-electron chi connectivity index (χ1n) is 4.90. The van der Waals surface area contributed by atoms with Crippen molar-refractivity contribution in [2.75, 3.05) is 20.1 Å². The van der Waals surface area contributed by atoms with Gasteiger partial charge in [-0.3, -0.25) is 4.90 Å². The first-order chi connectivity index (χ1) is 6.77. The Morgan fingerprint density at radius 3 is 3.14 bits per heavy atom. The lowest BCUT2D eigenvalue weighted by Crippen LogP contribution is -2.32. The van der Waals surface area contributed by atoms with Crippen LogP contribution in [0.15, 0.2) is 15.9 Å². The Labute approximate surface area is 97.4 Å². The van der Waals surface area contributed by atoms with E-state index in [1.54, 1.807) is 0 Å². The Bertz CT molecular complexity index is 294. The molecule has 0 aliphatic carbocycles. The number of rotatable bonds is 3. The summed E-state index contributed by atoms with van der Waals surface area (Å²) in [4.78, 5) is 3.87.